The van der Waals surface area contributed by atoms with E-state index in [2.05, 4.69) is 26.1 Å². The molecule has 0 saturated carbocycles. The molecule has 0 unspecified atom stereocenters. The lowest BCUT2D eigenvalue weighted by molar-refractivity contribution is 0.358. The zero-order valence-electron chi connectivity index (χ0n) is 9.26. The van der Waals surface area contributed by atoms with Crippen molar-refractivity contribution >= 4 is 17.0 Å². The molecule has 0 saturated heterocycles. The van der Waals surface area contributed by atoms with Gasteiger partial charge in [-0.3, -0.25) is 0 Å². The fraction of sp³-hybridized carbons (Fsp3) is 0.636. The molecule has 0 aromatic carbocycles. The standard InChI is InChI=1S/C11H20N2S/c1-4-6-11(2,3)13-8-10-9(12)5-7-14-10/h5,7,13H,4,6,8,12H2,1-3H3. The molecule has 0 spiro atoms. The first-order chi connectivity index (χ1) is 6.55. The second-order valence-corrected chi connectivity index (χ2v) is 5.29. The van der Waals surface area contributed by atoms with E-state index in [1.165, 1.54) is 17.7 Å². The summed E-state index contributed by atoms with van der Waals surface area (Å²) in [5, 5.41) is 5.57. The summed E-state index contributed by atoms with van der Waals surface area (Å²) in [6, 6.07) is 1.97. The van der Waals surface area contributed by atoms with Crippen LogP contribution in [0.2, 0.25) is 0 Å². The number of nitrogen functional groups attached to an aromatic ring is 1. The number of hydrogen-bond donors (Lipinski definition) is 2. The van der Waals surface area contributed by atoms with Crippen LogP contribution in [0.1, 0.15) is 38.5 Å². The Morgan fingerprint density at radius 2 is 2.21 bits per heavy atom. The van der Waals surface area contributed by atoms with E-state index in [1.54, 1.807) is 11.3 Å². The predicted molar refractivity (Wildman–Crippen MR) is 64.6 cm³/mol. The van der Waals surface area contributed by atoms with Crippen molar-refractivity contribution in [2.75, 3.05) is 5.73 Å². The second-order valence-electron chi connectivity index (χ2n) is 4.29. The molecule has 0 aliphatic carbocycles. The lowest BCUT2D eigenvalue weighted by Crippen LogP contribution is -2.38. The van der Waals surface area contributed by atoms with Gasteiger partial charge in [0.05, 0.1) is 0 Å². The van der Waals surface area contributed by atoms with Crippen molar-refractivity contribution in [1.29, 1.82) is 0 Å². The Balaban J connectivity index is 2.44. The van der Waals surface area contributed by atoms with Gasteiger partial charge in [0.2, 0.25) is 0 Å². The van der Waals surface area contributed by atoms with Crippen LogP contribution in [-0.4, -0.2) is 5.54 Å². The van der Waals surface area contributed by atoms with Crippen LogP contribution in [0.15, 0.2) is 11.4 Å². The van der Waals surface area contributed by atoms with Gasteiger partial charge >= 0.3 is 0 Å². The molecule has 1 heterocycles. The summed E-state index contributed by atoms with van der Waals surface area (Å²) < 4.78 is 0. The minimum Gasteiger partial charge on any atom is -0.398 e. The third-order valence-corrected chi connectivity index (χ3v) is 3.32. The van der Waals surface area contributed by atoms with Gasteiger partial charge in [-0.15, -0.1) is 11.3 Å². The van der Waals surface area contributed by atoms with E-state index in [0.717, 1.165) is 12.2 Å². The van der Waals surface area contributed by atoms with Gasteiger partial charge in [0, 0.05) is 22.6 Å². The van der Waals surface area contributed by atoms with E-state index < -0.39 is 0 Å². The molecule has 0 amide bonds. The summed E-state index contributed by atoms with van der Waals surface area (Å²) in [6.07, 6.45) is 2.40. The third-order valence-electron chi connectivity index (χ3n) is 2.38. The van der Waals surface area contributed by atoms with E-state index >= 15 is 0 Å². The molecule has 3 heteroatoms. The molecule has 14 heavy (non-hydrogen) atoms. The predicted octanol–water partition coefficient (Wildman–Crippen LogP) is 3.00. The molecule has 2 nitrogen and oxygen atoms in total. The van der Waals surface area contributed by atoms with Gasteiger partial charge in [-0.05, 0) is 31.7 Å². The Morgan fingerprint density at radius 1 is 1.50 bits per heavy atom. The molecule has 3 N–H and O–H groups in total. The van der Waals surface area contributed by atoms with E-state index in [0.29, 0.717) is 0 Å². The number of nitrogens with two attached hydrogens (primary N) is 1. The Bertz CT molecular complexity index is 279. The molecule has 0 radical (unpaired) electrons. The Morgan fingerprint density at radius 3 is 2.71 bits per heavy atom. The zero-order valence-corrected chi connectivity index (χ0v) is 10.1. The second kappa shape index (κ2) is 4.80. The minimum absolute atomic E-state index is 0.213. The van der Waals surface area contributed by atoms with Crippen LogP contribution in [0.5, 0.6) is 0 Å². The van der Waals surface area contributed by atoms with E-state index in [-0.39, 0.29) is 5.54 Å². The number of anilines is 1. The average Bonchev–Trinajstić information content (AvgIpc) is 2.48. The van der Waals surface area contributed by atoms with Crippen molar-refractivity contribution < 1.29 is 0 Å². The van der Waals surface area contributed by atoms with Crippen molar-refractivity contribution in [2.24, 2.45) is 0 Å². The molecular weight excluding hydrogens is 192 g/mol. The molecular formula is C11H20N2S. The number of rotatable bonds is 5. The maximum atomic E-state index is 5.81. The minimum atomic E-state index is 0.213. The highest BCUT2D eigenvalue weighted by atomic mass is 32.1. The van der Waals surface area contributed by atoms with E-state index in [1.807, 2.05) is 11.4 Å². The van der Waals surface area contributed by atoms with Crippen molar-refractivity contribution in [3.8, 4) is 0 Å². The van der Waals surface area contributed by atoms with Crippen molar-refractivity contribution in [3.05, 3.63) is 16.3 Å². The number of thiophene rings is 1. The summed E-state index contributed by atoms with van der Waals surface area (Å²) in [6.45, 7) is 7.57. The number of nitrogens with one attached hydrogen (secondary N) is 1. The first-order valence-electron chi connectivity index (χ1n) is 5.12. The van der Waals surface area contributed by atoms with Gasteiger partial charge in [-0.25, -0.2) is 0 Å². The molecule has 0 aliphatic heterocycles. The lowest BCUT2D eigenvalue weighted by atomic mass is 9.99. The van der Waals surface area contributed by atoms with Gasteiger partial charge in [-0.1, -0.05) is 13.3 Å². The largest absolute Gasteiger partial charge is 0.398 e. The highest BCUT2D eigenvalue weighted by Gasteiger charge is 2.15. The van der Waals surface area contributed by atoms with Crippen LogP contribution in [0.4, 0.5) is 5.69 Å². The van der Waals surface area contributed by atoms with Gasteiger partial charge < -0.3 is 11.1 Å². The fourth-order valence-electron chi connectivity index (χ4n) is 1.53. The van der Waals surface area contributed by atoms with Crippen molar-refractivity contribution in [2.45, 2.75) is 45.7 Å². The maximum absolute atomic E-state index is 5.81. The summed E-state index contributed by atoms with van der Waals surface area (Å²) in [7, 11) is 0. The highest BCUT2D eigenvalue weighted by Crippen LogP contribution is 2.20. The monoisotopic (exact) mass is 212 g/mol. The average molecular weight is 212 g/mol. The maximum Gasteiger partial charge on any atom is 0.0468 e. The van der Waals surface area contributed by atoms with Crippen LogP contribution in [0.3, 0.4) is 0 Å². The van der Waals surface area contributed by atoms with E-state index in [4.69, 9.17) is 5.73 Å². The van der Waals surface area contributed by atoms with E-state index in [9.17, 15) is 0 Å². The molecule has 0 aliphatic rings. The molecule has 1 rings (SSSR count). The quantitative estimate of drug-likeness (QED) is 0.787. The van der Waals surface area contributed by atoms with Gasteiger partial charge in [0.15, 0.2) is 0 Å². The first-order valence-corrected chi connectivity index (χ1v) is 6.00. The Labute approximate surface area is 90.5 Å². The summed E-state index contributed by atoms with van der Waals surface area (Å²) >= 11 is 1.72. The summed E-state index contributed by atoms with van der Waals surface area (Å²) in [5.41, 5.74) is 6.94. The topological polar surface area (TPSA) is 38.0 Å². The van der Waals surface area contributed by atoms with Gasteiger partial charge in [-0.2, -0.15) is 0 Å². The van der Waals surface area contributed by atoms with Gasteiger partial charge in [0.1, 0.15) is 0 Å². The molecule has 80 valence electrons. The van der Waals surface area contributed by atoms with Crippen LogP contribution >= 0.6 is 11.3 Å². The molecule has 0 bridgehead atoms. The molecule has 1 aromatic heterocycles. The van der Waals surface area contributed by atoms with Gasteiger partial charge in [0.25, 0.3) is 0 Å². The molecule has 1 aromatic rings. The Kier molecular flexibility index (Phi) is 3.96. The normalized spacial score (nSPS) is 11.9. The van der Waals surface area contributed by atoms with Crippen LogP contribution in [0.25, 0.3) is 0 Å². The molecule has 0 fully saturated rings. The van der Waals surface area contributed by atoms with Crippen LogP contribution in [0, 0.1) is 0 Å². The van der Waals surface area contributed by atoms with Crippen LogP contribution in [-0.2, 0) is 6.54 Å². The van der Waals surface area contributed by atoms with Crippen LogP contribution < -0.4 is 11.1 Å². The SMILES string of the molecule is CCCC(C)(C)NCc1sccc1N. The van der Waals surface area contributed by atoms with Crippen molar-refractivity contribution in [3.63, 3.8) is 0 Å². The molecule has 0 atom stereocenters. The lowest BCUT2D eigenvalue weighted by Gasteiger charge is -2.25. The Hall–Kier alpha value is -0.540. The summed E-state index contributed by atoms with van der Waals surface area (Å²) in [5.74, 6) is 0. The first kappa shape index (κ1) is 11.5. The smallest absolute Gasteiger partial charge is 0.0468 e. The highest BCUT2D eigenvalue weighted by molar-refractivity contribution is 7.10. The third kappa shape index (κ3) is 3.31. The van der Waals surface area contributed by atoms with Crippen molar-refractivity contribution in [1.82, 2.24) is 5.32 Å². The fourth-order valence-corrected chi connectivity index (χ4v) is 2.27. The zero-order chi connectivity index (χ0) is 10.6. The summed E-state index contributed by atoms with van der Waals surface area (Å²) in [4.78, 5) is 1.24. The number of hydrogen-bond acceptors (Lipinski definition) is 3.